The molecule has 176 valence electrons. The summed E-state index contributed by atoms with van der Waals surface area (Å²) in [5.41, 5.74) is 3.06. The molecule has 3 aliphatic rings. The second-order valence-electron chi connectivity index (χ2n) is 9.59. The Morgan fingerprint density at radius 1 is 0.742 bits per heavy atom. The van der Waals surface area contributed by atoms with Gasteiger partial charge in [0.15, 0.2) is 0 Å². The van der Waals surface area contributed by atoms with Crippen LogP contribution in [0.15, 0.2) is 30.3 Å². The Balaban J connectivity index is -0.000000469. The smallest absolute Gasteiger partial charge is 0.358 e. The Hall–Kier alpha value is -0.170. The Morgan fingerprint density at radius 2 is 1.23 bits per heavy atom. The van der Waals surface area contributed by atoms with E-state index in [9.17, 15) is 0 Å². The predicted octanol–water partition coefficient (Wildman–Crippen LogP) is 9.60. The second kappa shape index (κ2) is 15.6. The zero-order valence-electron chi connectivity index (χ0n) is 22.4. The Kier molecular flexibility index (Phi) is 17.9. The molecule has 3 aliphatic carbocycles. The van der Waals surface area contributed by atoms with E-state index >= 15 is 0 Å². The molecule has 0 spiro atoms. The van der Waals surface area contributed by atoms with E-state index in [4.69, 9.17) is 0 Å². The average molecular weight is 591 g/mol. The van der Waals surface area contributed by atoms with Gasteiger partial charge in [-0.2, -0.15) is 0 Å². The summed E-state index contributed by atoms with van der Waals surface area (Å²) < 4.78 is 0. The van der Waals surface area contributed by atoms with Gasteiger partial charge in [0.25, 0.3) is 0 Å². The Labute approximate surface area is 216 Å². The van der Waals surface area contributed by atoms with Gasteiger partial charge in [-0.25, -0.2) is 0 Å². The molecule has 0 heterocycles. The quantitative estimate of drug-likeness (QED) is 0.238. The van der Waals surface area contributed by atoms with Crippen LogP contribution in [0.25, 0.3) is 6.08 Å². The van der Waals surface area contributed by atoms with Gasteiger partial charge in [-0.05, 0) is 71.3 Å². The number of allylic oxidation sites excluding steroid dienone is 1. The first-order valence-electron chi connectivity index (χ1n) is 11.2. The van der Waals surface area contributed by atoms with Gasteiger partial charge >= 0.3 is 25.8 Å². The molecule has 0 radical (unpaired) electrons. The molecule has 4 rings (SSSR count). The maximum Gasteiger partial charge on any atom is 4.00 e. The van der Waals surface area contributed by atoms with Crippen LogP contribution in [-0.2, 0) is 25.8 Å². The van der Waals surface area contributed by atoms with Crippen LogP contribution in [0, 0.1) is 71.1 Å². The van der Waals surface area contributed by atoms with Crippen molar-refractivity contribution in [2.45, 2.75) is 73.1 Å². The zero-order chi connectivity index (χ0) is 18.8. The van der Waals surface area contributed by atoms with Crippen molar-refractivity contribution in [3.63, 3.8) is 0 Å². The third-order valence-corrected chi connectivity index (χ3v) is 8.56. The van der Waals surface area contributed by atoms with Crippen LogP contribution in [0.3, 0.4) is 0 Å². The summed E-state index contributed by atoms with van der Waals surface area (Å²) in [6.45, 7) is 14.3. The summed E-state index contributed by atoms with van der Waals surface area (Å²) in [6, 6.07) is 8.95. The molecule has 0 amide bonds. The van der Waals surface area contributed by atoms with E-state index in [1.54, 1.807) is 5.56 Å². The van der Waals surface area contributed by atoms with Crippen LogP contribution in [0.2, 0.25) is 0 Å². The number of fused-ring (bicyclic) bond motifs is 3. The van der Waals surface area contributed by atoms with Gasteiger partial charge in [0.1, 0.15) is 0 Å². The fourth-order valence-corrected chi connectivity index (χ4v) is 6.08. The van der Waals surface area contributed by atoms with Crippen molar-refractivity contribution in [3.8, 4) is 0 Å². The maximum atomic E-state index is 2.49. The van der Waals surface area contributed by atoms with Crippen LogP contribution >= 0.6 is 0 Å². The van der Waals surface area contributed by atoms with E-state index in [-0.39, 0.29) is 55.5 Å². The monoisotopic (exact) mass is 592 g/mol. The molecular formula is C30H52Hf. The van der Waals surface area contributed by atoms with E-state index in [2.05, 4.69) is 78.0 Å². The first-order chi connectivity index (χ1) is 12.5. The number of hydrogen-bond acceptors (Lipinski definition) is 0. The Bertz CT molecular complexity index is 574. The largest absolute Gasteiger partial charge is 4.00 e. The topological polar surface area (TPSA) is 0 Å². The normalized spacial score (nSPS) is 34.0. The fraction of sp³-hybridized carbons (Fsp3) is 0.600. The minimum atomic E-state index is 0. The molecule has 1 aromatic carbocycles. The number of rotatable bonds is 2. The van der Waals surface area contributed by atoms with Crippen molar-refractivity contribution < 1.29 is 25.8 Å². The molecule has 0 aromatic heterocycles. The summed E-state index contributed by atoms with van der Waals surface area (Å²) in [7, 11) is 0. The van der Waals surface area contributed by atoms with Crippen molar-refractivity contribution >= 4 is 6.08 Å². The molecule has 0 nitrogen and oxygen atoms in total. The van der Waals surface area contributed by atoms with Gasteiger partial charge in [0, 0.05) is 0 Å². The van der Waals surface area contributed by atoms with E-state index in [0.29, 0.717) is 0 Å². The second-order valence-corrected chi connectivity index (χ2v) is 9.59. The molecule has 3 unspecified atom stereocenters. The van der Waals surface area contributed by atoms with Gasteiger partial charge < -0.3 is 29.7 Å². The van der Waals surface area contributed by atoms with E-state index < -0.39 is 0 Å². The van der Waals surface area contributed by atoms with Crippen LogP contribution in [-0.4, -0.2) is 0 Å². The third-order valence-electron chi connectivity index (χ3n) is 8.56. The van der Waals surface area contributed by atoms with Crippen molar-refractivity contribution in [1.82, 2.24) is 0 Å². The summed E-state index contributed by atoms with van der Waals surface area (Å²) in [6.07, 6.45) is 10.4. The van der Waals surface area contributed by atoms with Crippen molar-refractivity contribution in [3.05, 3.63) is 71.2 Å². The first kappa shape index (κ1) is 35.4. The average Bonchev–Trinajstić information content (AvgIpc) is 3.15. The van der Waals surface area contributed by atoms with Crippen molar-refractivity contribution in [2.75, 3.05) is 0 Å². The molecule has 0 bridgehead atoms. The first-order valence-corrected chi connectivity index (χ1v) is 11.2. The molecule has 0 aliphatic heterocycles. The minimum Gasteiger partial charge on any atom is -0.358 e. The molecule has 2 fully saturated rings. The van der Waals surface area contributed by atoms with E-state index in [1.165, 1.54) is 31.2 Å². The number of hydrogen-bond donors (Lipinski definition) is 0. The van der Waals surface area contributed by atoms with Crippen molar-refractivity contribution in [1.29, 1.82) is 0 Å². The molecule has 1 heteroatoms. The molecule has 2 saturated carbocycles. The van der Waals surface area contributed by atoms with Crippen LogP contribution in [0.1, 0.15) is 84.3 Å². The third kappa shape index (κ3) is 7.41. The SMILES string of the molecule is CC1C(C)C(C)C(C)C1C.CCCC1CCC2c3ccccc3C=CC12.[CH3-].[CH3-].[CH3-].[CH3-].[Hf+4]. The molecule has 3 atom stereocenters. The van der Waals surface area contributed by atoms with Gasteiger partial charge in [0.05, 0.1) is 0 Å². The molecular weight excluding hydrogens is 539 g/mol. The molecule has 0 N–H and O–H groups in total. The number of benzene rings is 1. The molecule has 0 saturated heterocycles. The van der Waals surface area contributed by atoms with Gasteiger partial charge in [0.2, 0.25) is 0 Å². The predicted molar refractivity (Wildman–Crippen MR) is 141 cm³/mol. The molecule has 1 aromatic rings. The van der Waals surface area contributed by atoms with Crippen molar-refractivity contribution in [2.24, 2.45) is 41.4 Å². The van der Waals surface area contributed by atoms with Gasteiger partial charge in [-0.15, -0.1) is 0 Å². The summed E-state index contributed by atoms with van der Waals surface area (Å²) in [5.74, 6) is 7.27. The standard InChI is InChI=1S/C16H20.C10H20.4CH3.Hf/c1-2-5-12-9-11-16-14-7-4-3-6-13(14)8-10-15(12)16;1-6-7(2)9(4)10(5)8(6)3;;;;;/h3-4,6-8,10,12,15-16H,2,5,9,11H2,1H3;6-10H,1-5H3;4*1H3;/q;;4*-1;+4. The Morgan fingerprint density at radius 3 is 1.71 bits per heavy atom. The van der Waals surface area contributed by atoms with Crippen LogP contribution in [0.5, 0.6) is 0 Å². The van der Waals surface area contributed by atoms with E-state index in [1.807, 2.05) is 0 Å². The summed E-state index contributed by atoms with van der Waals surface area (Å²) >= 11 is 0. The van der Waals surface area contributed by atoms with Gasteiger partial charge in [-0.3, -0.25) is 0 Å². The fourth-order valence-electron chi connectivity index (χ4n) is 6.08. The summed E-state index contributed by atoms with van der Waals surface area (Å²) in [5, 5.41) is 0. The minimum absolute atomic E-state index is 0. The van der Waals surface area contributed by atoms with E-state index in [0.717, 1.165) is 47.3 Å². The van der Waals surface area contributed by atoms with Crippen LogP contribution in [0.4, 0.5) is 0 Å². The van der Waals surface area contributed by atoms with Crippen LogP contribution < -0.4 is 0 Å². The maximum absolute atomic E-state index is 2.49. The zero-order valence-corrected chi connectivity index (χ0v) is 26.0. The van der Waals surface area contributed by atoms with Gasteiger partial charge in [-0.1, -0.05) is 90.8 Å². The molecule has 31 heavy (non-hydrogen) atoms. The summed E-state index contributed by atoms with van der Waals surface area (Å²) in [4.78, 5) is 0.